The fourth-order valence-electron chi connectivity index (χ4n) is 3.15. The Hall–Kier alpha value is -3.56. The van der Waals surface area contributed by atoms with Crippen molar-refractivity contribution in [1.82, 2.24) is 14.9 Å². The summed E-state index contributed by atoms with van der Waals surface area (Å²) in [6.45, 7) is 3.01. The summed E-state index contributed by atoms with van der Waals surface area (Å²) >= 11 is 0. The number of halogens is 1. The molecule has 0 bridgehead atoms. The number of carbonyl (C=O) groups excluding carboxylic acids is 3. The number of ether oxygens (including phenoxy) is 1. The number of rotatable bonds is 8. The van der Waals surface area contributed by atoms with E-state index in [4.69, 9.17) is 4.74 Å². The Kier molecular flexibility index (Phi) is 7.47. The Labute approximate surface area is 179 Å². The smallest absolute Gasteiger partial charge is 0.308 e. The van der Waals surface area contributed by atoms with Crippen LogP contribution in [-0.4, -0.2) is 71.9 Å². The van der Waals surface area contributed by atoms with Gasteiger partial charge in [0.05, 0.1) is 12.1 Å². The minimum atomic E-state index is -0.497. The predicted octanol–water partition coefficient (Wildman–Crippen LogP) is 1.51. The molecule has 0 unspecified atom stereocenters. The largest absolute Gasteiger partial charge is 0.456 e. The van der Waals surface area contributed by atoms with Gasteiger partial charge in [0.1, 0.15) is 5.82 Å². The number of carbonyl (C=O) groups is 3. The lowest BCUT2D eigenvalue weighted by Gasteiger charge is -2.36. The van der Waals surface area contributed by atoms with Gasteiger partial charge < -0.3 is 19.9 Å². The van der Waals surface area contributed by atoms with Crippen molar-refractivity contribution in [1.29, 1.82) is 0 Å². The van der Waals surface area contributed by atoms with Gasteiger partial charge >= 0.3 is 5.97 Å². The number of esters is 1. The molecule has 2 heterocycles. The fraction of sp³-hybridized carbons (Fsp3) is 0.381. The van der Waals surface area contributed by atoms with Gasteiger partial charge in [0.2, 0.25) is 5.95 Å². The Balaban J connectivity index is 1.39. The van der Waals surface area contributed by atoms with E-state index in [1.54, 1.807) is 35.5 Å². The van der Waals surface area contributed by atoms with Gasteiger partial charge in [-0.3, -0.25) is 14.4 Å². The second kappa shape index (κ2) is 10.5. The van der Waals surface area contributed by atoms with E-state index in [0.29, 0.717) is 49.9 Å². The number of aromatic nitrogens is 2. The predicted molar refractivity (Wildman–Crippen MR) is 111 cm³/mol. The van der Waals surface area contributed by atoms with Crippen LogP contribution >= 0.6 is 0 Å². The zero-order chi connectivity index (χ0) is 22.2. The molecule has 1 amide bonds. The molecule has 1 aliphatic heterocycles. The van der Waals surface area contributed by atoms with Crippen molar-refractivity contribution in [2.75, 3.05) is 49.5 Å². The summed E-state index contributed by atoms with van der Waals surface area (Å²) in [5.74, 6) is -1.03. The van der Waals surface area contributed by atoms with Crippen LogP contribution in [0.1, 0.15) is 23.7 Å². The van der Waals surface area contributed by atoms with Crippen molar-refractivity contribution in [3.05, 3.63) is 48.0 Å². The minimum absolute atomic E-state index is 0.0782. The number of nitrogens with zero attached hydrogens (tertiary/aromatic N) is 4. The number of piperazine rings is 1. The summed E-state index contributed by atoms with van der Waals surface area (Å²) in [4.78, 5) is 46.9. The number of nitrogens with one attached hydrogen (secondary N) is 1. The maximum Gasteiger partial charge on any atom is 0.308 e. The van der Waals surface area contributed by atoms with Gasteiger partial charge in [0.15, 0.2) is 12.4 Å². The van der Waals surface area contributed by atoms with Crippen molar-refractivity contribution >= 4 is 29.3 Å². The molecule has 9 nitrogen and oxygen atoms in total. The lowest BCUT2D eigenvalue weighted by atomic mass is 10.1. The molecule has 10 heteroatoms. The highest BCUT2D eigenvalue weighted by atomic mass is 19.1. The highest BCUT2D eigenvalue weighted by Gasteiger charge is 2.24. The van der Waals surface area contributed by atoms with Crippen LogP contribution in [0.5, 0.6) is 0 Å². The Morgan fingerprint density at radius 1 is 1.13 bits per heavy atom. The zero-order valence-electron chi connectivity index (χ0n) is 17.2. The number of Topliss-reactive ketones (excluding diaryl/α,β-unsaturated/α-hetero) is 1. The minimum Gasteiger partial charge on any atom is -0.456 e. The van der Waals surface area contributed by atoms with E-state index in [1.165, 1.54) is 13.0 Å². The van der Waals surface area contributed by atoms with Crippen molar-refractivity contribution in [3.63, 3.8) is 0 Å². The van der Waals surface area contributed by atoms with Gasteiger partial charge in [0, 0.05) is 50.7 Å². The summed E-state index contributed by atoms with van der Waals surface area (Å²) in [7, 11) is 0. The molecule has 0 aliphatic carbocycles. The van der Waals surface area contributed by atoms with E-state index in [-0.39, 0.29) is 24.7 Å². The third-order valence-corrected chi connectivity index (χ3v) is 4.86. The first-order valence-electron chi connectivity index (χ1n) is 9.94. The van der Waals surface area contributed by atoms with Gasteiger partial charge in [-0.05, 0) is 31.2 Å². The molecule has 1 aromatic carbocycles. The molecule has 0 atom stereocenters. The van der Waals surface area contributed by atoms with Gasteiger partial charge in [-0.1, -0.05) is 0 Å². The molecule has 1 saturated heterocycles. The zero-order valence-corrected chi connectivity index (χ0v) is 17.2. The maximum atomic E-state index is 14.3. The van der Waals surface area contributed by atoms with Crippen molar-refractivity contribution in [2.24, 2.45) is 0 Å². The summed E-state index contributed by atoms with van der Waals surface area (Å²) in [5.41, 5.74) is 0.724. The third-order valence-electron chi connectivity index (χ3n) is 4.86. The molecule has 0 radical (unpaired) electrons. The number of hydrogen-bond donors (Lipinski definition) is 1. The SMILES string of the molecule is CC(=O)c1ccc(N2CCN(C(=O)COC(=O)CCNc3ncccn3)CC2)c(F)c1. The van der Waals surface area contributed by atoms with Crippen LogP contribution in [-0.2, 0) is 14.3 Å². The summed E-state index contributed by atoms with van der Waals surface area (Å²) < 4.78 is 19.4. The summed E-state index contributed by atoms with van der Waals surface area (Å²) in [6, 6.07) is 6.09. The molecule has 3 rings (SSSR count). The molecule has 164 valence electrons. The standard InChI is InChI=1S/C21H24FN5O4/c1-15(28)16-3-4-18(17(22)13-16)26-9-11-27(12-10-26)19(29)14-31-20(30)5-8-25-21-23-6-2-7-24-21/h2-4,6-7,13H,5,8-12,14H2,1H3,(H,23,24,25). The Morgan fingerprint density at radius 3 is 2.48 bits per heavy atom. The number of amides is 1. The monoisotopic (exact) mass is 429 g/mol. The van der Waals surface area contributed by atoms with Crippen LogP contribution in [0.3, 0.4) is 0 Å². The normalized spacial score (nSPS) is 13.6. The van der Waals surface area contributed by atoms with E-state index in [9.17, 15) is 18.8 Å². The molecule has 1 N–H and O–H groups in total. The topological polar surface area (TPSA) is 105 Å². The first-order valence-corrected chi connectivity index (χ1v) is 9.94. The van der Waals surface area contributed by atoms with E-state index in [2.05, 4.69) is 15.3 Å². The van der Waals surface area contributed by atoms with Gasteiger partial charge in [0.25, 0.3) is 5.91 Å². The van der Waals surface area contributed by atoms with Crippen molar-refractivity contribution in [3.8, 4) is 0 Å². The quantitative estimate of drug-likeness (QED) is 0.497. The molecule has 0 spiro atoms. The number of benzene rings is 1. The van der Waals surface area contributed by atoms with Gasteiger partial charge in [-0.25, -0.2) is 14.4 Å². The van der Waals surface area contributed by atoms with E-state index >= 15 is 0 Å². The van der Waals surface area contributed by atoms with Crippen molar-refractivity contribution in [2.45, 2.75) is 13.3 Å². The maximum absolute atomic E-state index is 14.3. The van der Waals surface area contributed by atoms with Crippen LogP contribution in [0.25, 0.3) is 0 Å². The molecule has 31 heavy (non-hydrogen) atoms. The van der Waals surface area contributed by atoms with Crippen LogP contribution in [0.2, 0.25) is 0 Å². The van der Waals surface area contributed by atoms with Crippen LogP contribution in [0.15, 0.2) is 36.7 Å². The highest BCUT2D eigenvalue weighted by Crippen LogP contribution is 2.22. The Morgan fingerprint density at radius 2 is 1.84 bits per heavy atom. The number of ketones is 1. The lowest BCUT2D eigenvalue weighted by Crippen LogP contribution is -2.50. The second-order valence-electron chi connectivity index (χ2n) is 7.00. The molecule has 1 fully saturated rings. The summed E-state index contributed by atoms with van der Waals surface area (Å²) in [5, 5.41) is 2.89. The van der Waals surface area contributed by atoms with Gasteiger partial charge in [-0.2, -0.15) is 0 Å². The molecule has 1 aliphatic rings. The van der Waals surface area contributed by atoms with Crippen LogP contribution in [0.4, 0.5) is 16.0 Å². The first-order chi connectivity index (χ1) is 14.9. The molecule has 0 saturated carbocycles. The third kappa shape index (κ3) is 6.21. The molecular formula is C21H24FN5O4. The average molecular weight is 429 g/mol. The molecular weight excluding hydrogens is 405 g/mol. The summed E-state index contributed by atoms with van der Waals surface area (Å²) in [6.07, 6.45) is 3.25. The fourth-order valence-corrected chi connectivity index (χ4v) is 3.15. The highest BCUT2D eigenvalue weighted by molar-refractivity contribution is 5.94. The van der Waals surface area contributed by atoms with E-state index < -0.39 is 11.8 Å². The first kappa shape index (κ1) is 22.1. The Bertz CT molecular complexity index is 933. The molecule has 1 aromatic heterocycles. The average Bonchev–Trinajstić information content (AvgIpc) is 2.78. The molecule has 2 aromatic rings. The van der Waals surface area contributed by atoms with Crippen LogP contribution < -0.4 is 10.2 Å². The lowest BCUT2D eigenvalue weighted by molar-refractivity contribution is -0.151. The second-order valence-corrected chi connectivity index (χ2v) is 7.00. The van der Waals surface area contributed by atoms with Gasteiger partial charge in [-0.15, -0.1) is 0 Å². The van der Waals surface area contributed by atoms with E-state index in [0.717, 1.165) is 0 Å². The van der Waals surface area contributed by atoms with E-state index in [1.807, 2.05) is 4.90 Å². The number of anilines is 2. The van der Waals surface area contributed by atoms with Crippen LogP contribution in [0, 0.1) is 5.82 Å². The number of hydrogen-bond acceptors (Lipinski definition) is 8. The van der Waals surface area contributed by atoms with Crippen molar-refractivity contribution < 1.29 is 23.5 Å².